The highest BCUT2D eigenvalue weighted by Crippen LogP contribution is 2.41. The van der Waals surface area contributed by atoms with Crippen molar-refractivity contribution in [3.63, 3.8) is 0 Å². The summed E-state index contributed by atoms with van der Waals surface area (Å²) >= 11 is 1.52. The van der Waals surface area contributed by atoms with Crippen molar-refractivity contribution < 1.29 is 33.7 Å². The third kappa shape index (κ3) is 9.97. The average Bonchev–Trinajstić information content (AvgIpc) is 3.67. The van der Waals surface area contributed by atoms with E-state index < -0.39 is 12.3 Å². The summed E-state index contributed by atoms with van der Waals surface area (Å²) in [7, 11) is 0. The molecule has 10 heteroatoms. The molecule has 0 bridgehead atoms. The Bertz CT molecular complexity index is 2120. The van der Waals surface area contributed by atoms with E-state index in [9.17, 15) is 14.7 Å². The van der Waals surface area contributed by atoms with Crippen molar-refractivity contribution in [1.29, 1.82) is 0 Å². The molecule has 55 heavy (non-hydrogen) atoms. The standard InChI is InChI=1S/C45H42N2O7S/c48-28-30-17-19-33(20-18-30)39-26-38(29-55-45-47-42(34-10-3-1-4-11-34)43(54-45)35-12-5-2-6-13-35)52-44(53-39)36-23-21-32(22-24-36)37-14-7-9-31(25-37)27-46-40(49)15-8-16-41(50)51/h1-7,9-14,17-25,38-39,44,48H,8,15-16,26-29H2,(H,46,49)(H,50,51)/t38-,39+,44+/m1/s1. The molecule has 5 aromatic carbocycles. The molecule has 1 amide bonds. The summed E-state index contributed by atoms with van der Waals surface area (Å²) in [5.74, 6) is 0.246. The molecule has 0 spiro atoms. The van der Waals surface area contributed by atoms with Crippen molar-refractivity contribution in [1.82, 2.24) is 10.3 Å². The van der Waals surface area contributed by atoms with Gasteiger partial charge in [-0.05, 0) is 40.3 Å². The van der Waals surface area contributed by atoms with Crippen molar-refractivity contribution in [2.45, 2.75) is 62.6 Å². The number of carboxylic acid groups (broad SMARTS) is 1. The molecule has 0 aliphatic carbocycles. The molecule has 3 N–H and O–H groups in total. The molecule has 3 atom stereocenters. The van der Waals surface area contributed by atoms with Crippen LogP contribution in [0.5, 0.6) is 0 Å². The van der Waals surface area contributed by atoms with E-state index in [1.54, 1.807) is 0 Å². The van der Waals surface area contributed by atoms with E-state index in [1.807, 2.05) is 133 Å². The molecular weight excluding hydrogens is 713 g/mol. The fourth-order valence-electron chi connectivity index (χ4n) is 6.51. The monoisotopic (exact) mass is 754 g/mol. The number of rotatable bonds is 15. The zero-order chi connectivity index (χ0) is 38.0. The van der Waals surface area contributed by atoms with Gasteiger partial charge in [0.1, 0.15) is 5.69 Å². The van der Waals surface area contributed by atoms with Gasteiger partial charge in [0.15, 0.2) is 12.1 Å². The van der Waals surface area contributed by atoms with Crippen molar-refractivity contribution in [2.24, 2.45) is 0 Å². The van der Waals surface area contributed by atoms with Crippen molar-refractivity contribution >= 4 is 23.6 Å². The first-order valence-corrected chi connectivity index (χ1v) is 19.3. The zero-order valence-corrected chi connectivity index (χ0v) is 31.0. The lowest BCUT2D eigenvalue weighted by molar-refractivity contribution is -0.245. The fourth-order valence-corrected chi connectivity index (χ4v) is 7.35. The number of aliphatic hydroxyl groups excluding tert-OH is 1. The van der Waals surface area contributed by atoms with Gasteiger partial charge in [-0.2, -0.15) is 0 Å². The van der Waals surface area contributed by atoms with E-state index >= 15 is 0 Å². The third-order valence-electron chi connectivity index (χ3n) is 9.43. The van der Waals surface area contributed by atoms with Gasteiger partial charge in [-0.1, -0.05) is 139 Å². The van der Waals surface area contributed by atoms with Crippen LogP contribution in [-0.4, -0.2) is 38.9 Å². The van der Waals surface area contributed by atoms with Crippen LogP contribution in [-0.2, 0) is 32.2 Å². The van der Waals surface area contributed by atoms with Gasteiger partial charge in [-0.3, -0.25) is 9.59 Å². The molecule has 0 radical (unpaired) electrons. The Hall–Kier alpha value is -5.52. The van der Waals surface area contributed by atoms with Crippen LogP contribution in [0.25, 0.3) is 33.7 Å². The number of hydrogen-bond acceptors (Lipinski definition) is 8. The summed E-state index contributed by atoms with van der Waals surface area (Å²) in [5.41, 5.74) is 8.42. The first-order chi connectivity index (χ1) is 26.9. The molecule has 0 unspecified atom stereocenters. The molecule has 1 saturated heterocycles. The predicted molar refractivity (Wildman–Crippen MR) is 212 cm³/mol. The van der Waals surface area contributed by atoms with Crippen LogP contribution in [0, 0.1) is 0 Å². The normalized spacial score (nSPS) is 16.8. The number of hydrogen-bond donors (Lipinski definition) is 3. The van der Waals surface area contributed by atoms with Gasteiger partial charge in [-0.15, -0.1) is 0 Å². The summed E-state index contributed by atoms with van der Waals surface area (Å²) in [4.78, 5) is 27.9. The van der Waals surface area contributed by atoms with Gasteiger partial charge in [0.2, 0.25) is 5.91 Å². The predicted octanol–water partition coefficient (Wildman–Crippen LogP) is 9.38. The second-order valence-corrected chi connectivity index (χ2v) is 14.4. The van der Waals surface area contributed by atoms with E-state index in [-0.39, 0.29) is 37.6 Å². The number of amides is 1. The average molecular weight is 755 g/mol. The number of thioether (sulfide) groups is 1. The lowest BCUT2D eigenvalue weighted by Crippen LogP contribution is -2.31. The highest BCUT2D eigenvalue weighted by Gasteiger charge is 2.33. The van der Waals surface area contributed by atoms with Gasteiger partial charge in [-0.25, -0.2) is 4.98 Å². The molecule has 2 heterocycles. The summed E-state index contributed by atoms with van der Waals surface area (Å²) in [6, 6.07) is 44.0. The Morgan fingerprint density at radius 1 is 0.727 bits per heavy atom. The fraction of sp³-hybridized carbons (Fsp3) is 0.222. The highest BCUT2D eigenvalue weighted by molar-refractivity contribution is 7.99. The van der Waals surface area contributed by atoms with E-state index in [1.165, 1.54) is 11.8 Å². The maximum absolute atomic E-state index is 12.2. The summed E-state index contributed by atoms with van der Waals surface area (Å²) < 4.78 is 19.6. The van der Waals surface area contributed by atoms with Gasteiger partial charge < -0.3 is 29.4 Å². The van der Waals surface area contributed by atoms with Crippen molar-refractivity contribution in [3.8, 4) is 33.7 Å². The van der Waals surface area contributed by atoms with Crippen molar-refractivity contribution in [3.05, 3.63) is 156 Å². The maximum atomic E-state index is 12.2. The molecule has 1 aromatic heterocycles. The topological polar surface area (TPSA) is 131 Å². The second kappa shape index (κ2) is 18.2. The lowest BCUT2D eigenvalue weighted by Gasteiger charge is -2.36. The number of nitrogens with zero attached hydrogens (tertiary/aromatic N) is 1. The molecule has 6 aromatic rings. The number of aromatic nitrogens is 1. The van der Waals surface area contributed by atoms with Crippen LogP contribution in [0.4, 0.5) is 0 Å². The Kier molecular flexibility index (Phi) is 12.5. The smallest absolute Gasteiger partial charge is 0.303 e. The summed E-state index contributed by atoms with van der Waals surface area (Å²) in [5, 5.41) is 21.9. The van der Waals surface area contributed by atoms with Gasteiger partial charge in [0.05, 0.1) is 18.8 Å². The second-order valence-electron chi connectivity index (χ2n) is 13.4. The molecule has 0 saturated carbocycles. The van der Waals surface area contributed by atoms with Crippen LogP contribution in [0.3, 0.4) is 0 Å². The highest BCUT2D eigenvalue weighted by atomic mass is 32.2. The third-order valence-corrected chi connectivity index (χ3v) is 10.4. The summed E-state index contributed by atoms with van der Waals surface area (Å²) in [6.45, 7) is 0.331. The van der Waals surface area contributed by atoms with Crippen LogP contribution < -0.4 is 5.32 Å². The van der Waals surface area contributed by atoms with E-state index in [0.717, 1.165) is 56.0 Å². The Morgan fingerprint density at radius 3 is 2.13 bits per heavy atom. The molecule has 9 nitrogen and oxygen atoms in total. The number of benzene rings is 5. The Morgan fingerprint density at radius 2 is 1.42 bits per heavy atom. The van der Waals surface area contributed by atoms with E-state index in [2.05, 4.69) is 5.32 Å². The van der Waals surface area contributed by atoms with Crippen molar-refractivity contribution in [2.75, 3.05) is 5.75 Å². The van der Waals surface area contributed by atoms with Gasteiger partial charge in [0, 0.05) is 48.3 Å². The number of carboxylic acids is 1. The molecule has 1 fully saturated rings. The number of oxazole rings is 1. The minimum absolute atomic E-state index is 0.0256. The number of nitrogens with one attached hydrogen (secondary N) is 1. The number of carbonyl (C=O) groups excluding carboxylic acids is 1. The first kappa shape index (κ1) is 37.8. The summed E-state index contributed by atoms with van der Waals surface area (Å²) in [6.07, 6.45) is 0.0411. The molecule has 7 rings (SSSR count). The number of aliphatic hydroxyl groups is 1. The number of ether oxygens (including phenoxy) is 2. The van der Waals surface area contributed by atoms with Crippen LogP contribution in [0.1, 0.15) is 60.3 Å². The largest absolute Gasteiger partial charge is 0.481 e. The van der Waals surface area contributed by atoms with Crippen LogP contribution >= 0.6 is 11.8 Å². The van der Waals surface area contributed by atoms with Gasteiger partial charge in [0.25, 0.3) is 5.22 Å². The van der Waals surface area contributed by atoms with Crippen LogP contribution in [0.15, 0.2) is 143 Å². The van der Waals surface area contributed by atoms with E-state index in [4.69, 9.17) is 24.0 Å². The Labute approximate surface area is 324 Å². The SMILES string of the molecule is O=C(O)CCCC(=O)NCc1cccc(-c2ccc([C@H]3O[C@@H](CSc4nc(-c5ccccc5)c(-c5ccccc5)o4)C[C@@H](c4ccc(CO)cc4)O3)cc2)c1. The minimum atomic E-state index is -0.904. The zero-order valence-electron chi connectivity index (χ0n) is 30.2. The minimum Gasteiger partial charge on any atom is -0.481 e. The number of aliphatic carboxylic acids is 1. The lowest BCUT2D eigenvalue weighted by atomic mass is 9.99. The Balaban J connectivity index is 1.07. The number of carbonyl (C=O) groups is 2. The van der Waals surface area contributed by atoms with Crippen LogP contribution in [0.2, 0.25) is 0 Å². The molecular formula is C45H42N2O7S. The van der Waals surface area contributed by atoms with Gasteiger partial charge >= 0.3 is 5.97 Å². The molecule has 1 aliphatic rings. The quantitative estimate of drug-likeness (QED) is 0.0878. The maximum Gasteiger partial charge on any atom is 0.303 e. The first-order valence-electron chi connectivity index (χ1n) is 18.3. The molecule has 280 valence electrons. The van der Waals surface area contributed by atoms with E-state index in [0.29, 0.717) is 30.4 Å². The molecule has 1 aliphatic heterocycles.